The van der Waals surface area contributed by atoms with E-state index >= 15 is 0 Å². The monoisotopic (exact) mass is 508 g/mol. The fourth-order valence-electron chi connectivity index (χ4n) is 6.44. The second-order valence-electron chi connectivity index (χ2n) is 11.8. The highest BCUT2D eigenvalue weighted by atomic mass is 28.4. The highest BCUT2D eigenvalue weighted by molar-refractivity contribution is 7.17. The number of hydrogen-bond donors (Lipinski definition) is 0. The van der Waals surface area contributed by atoms with E-state index in [1.807, 2.05) is 7.11 Å². The topological polar surface area (TPSA) is 9.23 Å². The Kier molecular flexibility index (Phi) is 7.29. The normalized spacial score (nSPS) is 14.3. The Balaban J connectivity index is 2.22. The lowest BCUT2D eigenvalue weighted by Crippen LogP contribution is -2.80. The number of benzene rings is 4. The molecular formula is C33H40OSi2. The zero-order chi connectivity index (χ0) is 26.0. The maximum Gasteiger partial charge on any atom is 0.260 e. The van der Waals surface area contributed by atoms with Crippen LogP contribution in [0, 0.1) is 0 Å². The molecule has 0 heterocycles. The summed E-state index contributed by atoms with van der Waals surface area (Å²) in [5, 5.41) is 7.03. The molecule has 1 nitrogen and oxygen atoms in total. The third-order valence-corrected chi connectivity index (χ3v) is 19.0. The minimum atomic E-state index is -2.69. The van der Waals surface area contributed by atoms with E-state index in [0.717, 1.165) is 0 Å². The molecule has 4 aromatic rings. The fraction of sp³-hybridized carbons (Fsp3) is 0.273. The SMILES string of the molecule is CO[Si](c1ccccc1)(c1ccccc1[Si](c1ccccc1)(c1ccccc1)C(C)(C)C)C(C)(C)C. The highest BCUT2D eigenvalue weighted by Gasteiger charge is 2.56. The third-order valence-electron chi connectivity index (χ3n) is 7.79. The second kappa shape index (κ2) is 9.97. The summed E-state index contributed by atoms with van der Waals surface area (Å²) in [4.78, 5) is 0. The van der Waals surface area contributed by atoms with Gasteiger partial charge in [-0.3, -0.25) is 0 Å². The van der Waals surface area contributed by atoms with E-state index < -0.39 is 16.4 Å². The van der Waals surface area contributed by atoms with Gasteiger partial charge < -0.3 is 4.43 Å². The summed E-state index contributed by atoms with van der Waals surface area (Å²) in [6, 6.07) is 42.8. The molecule has 186 valence electrons. The zero-order valence-electron chi connectivity index (χ0n) is 22.9. The van der Waals surface area contributed by atoms with Crippen LogP contribution in [0.3, 0.4) is 0 Å². The highest BCUT2D eigenvalue weighted by Crippen LogP contribution is 2.39. The molecule has 1 atom stereocenters. The van der Waals surface area contributed by atoms with Crippen molar-refractivity contribution >= 4 is 42.3 Å². The molecule has 0 aromatic heterocycles. The van der Waals surface area contributed by atoms with Gasteiger partial charge in [-0.05, 0) is 36.0 Å². The van der Waals surface area contributed by atoms with Crippen molar-refractivity contribution in [3.63, 3.8) is 0 Å². The van der Waals surface area contributed by atoms with Crippen molar-refractivity contribution in [1.29, 1.82) is 0 Å². The molecule has 0 saturated heterocycles. The molecule has 0 aliphatic heterocycles. The van der Waals surface area contributed by atoms with Crippen LogP contribution >= 0.6 is 0 Å². The zero-order valence-corrected chi connectivity index (χ0v) is 24.9. The van der Waals surface area contributed by atoms with Gasteiger partial charge in [-0.15, -0.1) is 0 Å². The summed E-state index contributed by atoms with van der Waals surface area (Å²) < 4.78 is 6.86. The maximum absolute atomic E-state index is 6.86. The molecule has 0 bridgehead atoms. The molecule has 0 radical (unpaired) electrons. The van der Waals surface area contributed by atoms with Gasteiger partial charge in [0.15, 0.2) is 8.07 Å². The van der Waals surface area contributed by atoms with Crippen LogP contribution in [-0.2, 0) is 4.43 Å². The Morgan fingerprint density at radius 1 is 0.444 bits per heavy atom. The van der Waals surface area contributed by atoms with Gasteiger partial charge in [0.2, 0.25) is 0 Å². The molecule has 0 aliphatic rings. The van der Waals surface area contributed by atoms with Crippen LogP contribution in [-0.4, -0.2) is 23.5 Å². The van der Waals surface area contributed by atoms with E-state index in [9.17, 15) is 0 Å². The summed E-state index contributed by atoms with van der Waals surface area (Å²) in [7, 11) is -3.30. The van der Waals surface area contributed by atoms with Crippen molar-refractivity contribution in [3.05, 3.63) is 115 Å². The molecule has 0 spiro atoms. The van der Waals surface area contributed by atoms with Crippen LogP contribution in [0.25, 0.3) is 0 Å². The van der Waals surface area contributed by atoms with Gasteiger partial charge in [-0.1, -0.05) is 157 Å². The van der Waals surface area contributed by atoms with E-state index in [-0.39, 0.29) is 10.1 Å². The van der Waals surface area contributed by atoms with Crippen LogP contribution in [0.5, 0.6) is 0 Å². The first-order valence-corrected chi connectivity index (χ1v) is 16.8. The first-order valence-electron chi connectivity index (χ1n) is 12.9. The van der Waals surface area contributed by atoms with Gasteiger partial charge in [0, 0.05) is 7.11 Å². The summed E-state index contributed by atoms with van der Waals surface area (Å²) >= 11 is 0. The predicted octanol–water partition coefficient (Wildman–Crippen LogP) is 5.46. The van der Waals surface area contributed by atoms with E-state index in [1.54, 1.807) is 0 Å². The minimum absolute atomic E-state index is 0.00820. The maximum atomic E-state index is 6.86. The summed E-state index contributed by atoms with van der Waals surface area (Å²) in [6.07, 6.45) is 0. The average molecular weight is 509 g/mol. The lowest BCUT2D eigenvalue weighted by Gasteiger charge is -2.49. The van der Waals surface area contributed by atoms with E-state index in [0.29, 0.717) is 0 Å². The Morgan fingerprint density at radius 2 is 0.806 bits per heavy atom. The fourth-order valence-corrected chi connectivity index (χ4v) is 17.8. The number of hydrogen-bond acceptors (Lipinski definition) is 1. The van der Waals surface area contributed by atoms with Crippen LogP contribution in [0.4, 0.5) is 0 Å². The molecule has 4 aromatic carbocycles. The molecule has 0 saturated carbocycles. The molecule has 0 fully saturated rings. The molecule has 0 aliphatic carbocycles. The van der Waals surface area contributed by atoms with Crippen LogP contribution < -0.4 is 25.9 Å². The van der Waals surface area contributed by atoms with Gasteiger partial charge in [0.05, 0.1) is 0 Å². The molecule has 1 unspecified atom stereocenters. The molecule has 0 N–H and O–H groups in total. The van der Waals surface area contributed by atoms with E-state index in [2.05, 4.69) is 157 Å². The molecule has 4 rings (SSSR count). The lowest BCUT2D eigenvalue weighted by atomic mass is 10.2. The van der Waals surface area contributed by atoms with Gasteiger partial charge in [0.25, 0.3) is 8.32 Å². The van der Waals surface area contributed by atoms with Crippen LogP contribution in [0.1, 0.15) is 41.5 Å². The van der Waals surface area contributed by atoms with Crippen LogP contribution in [0.2, 0.25) is 10.1 Å². The van der Waals surface area contributed by atoms with Gasteiger partial charge >= 0.3 is 0 Å². The van der Waals surface area contributed by atoms with Crippen LogP contribution in [0.15, 0.2) is 115 Å². The van der Waals surface area contributed by atoms with Crippen molar-refractivity contribution in [2.45, 2.75) is 51.6 Å². The Labute approximate surface area is 220 Å². The molecule has 36 heavy (non-hydrogen) atoms. The summed E-state index contributed by atoms with van der Waals surface area (Å²) in [5.41, 5.74) is 0. The van der Waals surface area contributed by atoms with E-state index in [1.165, 1.54) is 25.9 Å². The molecular weight excluding hydrogens is 469 g/mol. The Bertz CT molecular complexity index is 1230. The summed E-state index contributed by atoms with van der Waals surface area (Å²) in [5.74, 6) is 0. The standard InChI is InChI=1S/C33H40OSi2/c1-32(2,3)35(27-19-11-8-12-20-27,28-21-13-9-14-22-28)30-25-17-18-26-31(30)36(34-7,33(4,5)6)29-23-15-10-16-24-29/h8-26H,1-7H3. The smallest absolute Gasteiger partial charge is 0.260 e. The summed E-state index contributed by atoms with van der Waals surface area (Å²) in [6.45, 7) is 14.4. The molecule has 0 amide bonds. The first kappa shape index (κ1) is 26.3. The second-order valence-corrected chi connectivity index (χ2v) is 20.9. The van der Waals surface area contributed by atoms with Gasteiger partial charge in [-0.2, -0.15) is 0 Å². The van der Waals surface area contributed by atoms with Gasteiger partial charge in [0.1, 0.15) is 0 Å². The number of rotatable bonds is 6. The van der Waals surface area contributed by atoms with Crippen molar-refractivity contribution < 1.29 is 4.43 Å². The minimum Gasteiger partial charge on any atom is -0.411 e. The van der Waals surface area contributed by atoms with E-state index in [4.69, 9.17) is 4.43 Å². The first-order chi connectivity index (χ1) is 17.1. The average Bonchev–Trinajstić information content (AvgIpc) is 2.86. The largest absolute Gasteiger partial charge is 0.411 e. The quantitative estimate of drug-likeness (QED) is 0.248. The third kappa shape index (κ3) is 4.13. The Hall–Kier alpha value is -2.73. The molecule has 3 heteroatoms. The predicted molar refractivity (Wildman–Crippen MR) is 162 cm³/mol. The van der Waals surface area contributed by atoms with Gasteiger partial charge in [-0.25, -0.2) is 0 Å². The van der Waals surface area contributed by atoms with Crippen molar-refractivity contribution in [2.24, 2.45) is 0 Å². The Morgan fingerprint density at radius 3 is 1.17 bits per heavy atom. The van der Waals surface area contributed by atoms with Crippen molar-refractivity contribution in [1.82, 2.24) is 0 Å². The van der Waals surface area contributed by atoms with Crippen molar-refractivity contribution in [3.8, 4) is 0 Å². The van der Waals surface area contributed by atoms with Crippen molar-refractivity contribution in [2.75, 3.05) is 7.11 Å². The lowest BCUT2D eigenvalue weighted by molar-refractivity contribution is 0.386.